The maximum Gasteiger partial charge on any atom is 0.416 e. The van der Waals surface area contributed by atoms with Crippen LogP contribution in [0.3, 0.4) is 0 Å². The van der Waals surface area contributed by atoms with E-state index < -0.39 is 41.8 Å². The van der Waals surface area contributed by atoms with Crippen LogP contribution in [0, 0.1) is 9.49 Å². The van der Waals surface area contributed by atoms with Crippen molar-refractivity contribution in [2.24, 2.45) is 5.92 Å². The molecular weight excluding hydrogens is 708 g/mol. The van der Waals surface area contributed by atoms with Gasteiger partial charge < -0.3 is 29.9 Å². The molecule has 2 aromatic carbocycles. The Morgan fingerprint density at radius 2 is 1.82 bits per heavy atom. The van der Waals surface area contributed by atoms with Crippen molar-refractivity contribution in [2.75, 3.05) is 26.8 Å². The highest BCUT2D eigenvalue weighted by molar-refractivity contribution is 14.1. The first kappa shape index (κ1) is 34.7. The van der Waals surface area contributed by atoms with Crippen molar-refractivity contribution in [2.45, 2.75) is 63.0 Å². The minimum atomic E-state index is -4.57. The third kappa shape index (κ3) is 8.55. The minimum Gasteiger partial charge on any atom is -0.493 e. The summed E-state index contributed by atoms with van der Waals surface area (Å²) in [5.74, 6) is -0.563. The van der Waals surface area contributed by atoms with E-state index in [1.807, 2.05) is 22.6 Å². The van der Waals surface area contributed by atoms with Gasteiger partial charge in [-0.1, -0.05) is 19.3 Å². The van der Waals surface area contributed by atoms with Crippen LogP contribution in [0.1, 0.15) is 64.8 Å². The van der Waals surface area contributed by atoms with Crippen LogP contribution < -0.4 is 14.8 Å². The number of aliphatic hydroxyl groups is 2. The molecule has 1 saturated carbocycles. The van der Waals surface area contributed by atoms with Crippen molar-refractivity contribution in [1.29, 1.82) is 0 Å². The number of amides is 2. The van der Waals surface area contributed by atoms with Gasteiger partial charge in [0.1, 0.15) is 18.5 Å². The summed E-state index contributed by atoms with van der Waals surface area (Å²) >= 11 is 1.96. The number of alkyl halides is 3. The number of aliphatic hydroxyl groups excluding tert-OH is 2. The number of halogens is 4. The van der Waals surface area contributed by atoms with E-state index in [1.165, 1.54) is 24.2 Å². The molecule has 3 atom stereocenters. The Balaban J connectivity index is 1.74. The van der Waals surface area contributed by atoms with Gasteiger partial charge in [0.15, 0.2) is 11.5 Å². The Morgan fingerprint density at radius 1 is 1.13 bits per heavy atom. The van der Waals surface area contributed by atoms with E-state index in [4.69, 9.17) is 9.47 Å². The van der Waals surface area contributed by atoms with E-state index in [0.29, 0.717) is 15.4 Å². The first-order valence-corrected chi connectivity index (χ1v) is 15.8. The summed E-state index contributed by atoms with van der Waals surface area (Å²) in [5, 5.41) is 23.6. The maximum absolute atomic E-state index is 14.0. The van der Waals surface area contributed by atoms with Crippen LogP contribution in [0.4, 0.5) is 13.2 Å². The maximum atomic E-state index is 14.0. The molecule has 2 aromatic rings. The number of benzene rings is 2. The molecule has 0 aromatic heterocycles. The minimum absolute atomic E-state index is 0.0185. The normalized spacial score (nSPS) is 20.6. The van der Waals surface area contributed by atoms with Crippen molar-refractivity contribution in [1.82, 2.24) is 10.2 Å². The Bertz CT molecular complexity index is 1390. The highest BCUT2D eigenvalue weighted by Crippen LogP contribution is 2.38. The van der Waals surface area contributed by atoms with Gasteiger partial charge in [-0.25, -0.2) is 0 Å². The van der Waals surface area contributed by atoms with E-state index in [2.05, 4.69) is 5.32 Å². The number of hydrogen-bond donors (Lipinski definition) is 3. The monoisotopic (exact) mass is 744 g/mol. The fraction of sp³-hybridized carbons (Fsp3) is 0.469. The largest absolute Gasteiger partial charge is 0.493 e. The molecule has 0 saturated heterocycles. The second-order valence-corrected chi connectivity index (χ2v) is 12.4. The summed E-state index contributed by atoms with van der Waals surface area (Å²) in [5.41, 5.74) is -0.328. The lowest BCUT2D eigenvalue weighted by molar-refractivity contribution is -0.137. The molecule has 13 heteroatoms. The van der Waals surface area contributed by atoms with Crippen LogP contribution >= 0.6 is 22.6 Å². The topological polar surface area (TPSA) is 125 Å². The molecule has 2 aliphatic carbocycles. The quantitative estimate of drug-likeness (QED) is 0.224. The second kappa shape index (κ2) is 15.4. The lowest BCUT2D eigenvalue weighted by Crippen LogP contribution is -2.56. The fourth-order valence-electron chi connectivity index (χ4n) is 5.82. The summed E-state index contributed by atoms with van der Waals surface area (Å²) in [7, 11) is 1.39. The molecular formula is C32H36F3IN2O7. The standard InChI is InChI=1S/C32H36F3IN2O7/c1-44-27-14-20(18-40)13-24(36)29(27)45-26-16-22(30(42)37-11-12-39)15-25(28(26)41)38(17-19-5-3-2-4-6-19)31(43)21-7-9-23(10-8-21)32(33,34)35/h7-10,13-14,16,18-19,25-26,28,39,41H,2-6,11-12,15,17H2,1H3,(H,37,42)/t25-,26+,28+/m1/s1. The first-order chi connectivity index (χ1) is 21.5. The Kier molecular flexibility index (Phi) is 11.9. The molecule has 0 unspecified atom stereocenters. The molecule has 0 radical (unpaired) electrons. The third-order valence-electron chi connectivity index (χ3n) is 8.16. The lowest BCUT2D eigenvalue weighted by atomic mass is 9.85. The molecule has 244 valence electrons. The van der Waals surface area contributed by atoms with Crippen LogP contribution in [0.25, 0.3) is 0 Å². The molecule has 1 fully saturated rings. The van der Waals surface area contributed by atoms with Gasteiger partial charge >= 0.3 is 6.18 Å². The zero-order chi connectivity index (χ0) is 32.7. The molecule has 4 rings (SSSR count). The third-order valence-corrected chi connectivity index (χ3v) is 8.96. The van der Waals surface area contributed by atoms with Crippen molar-refractivity contribution in [3.8, 4) is 11.5 Å². The van der Waals surface area contributed by atoms with Gasteiger partial charge in [-0.15, -0.1) is 0 Å². The molecule has 3 N–H and O–H groups in total. The molecule has 0 bridgehead atoms. The van der Waals surface area contributed by atoms with E-state index in [-0.39, 0.29) is 54.7 Å². The molecule has 45 heavy (non-hydrogen) atoms. The zero-order valence-corrected chi connectivity index (χ0v) is 26.8. The molecule has 2 aliphatic rings. The predicted molar refractivity (Wildman–Crippen MR) is 167 cm³/mol. The number of methoxy groups -OCH3 is 1. The summed E-state index contributed by atoms with van der Waals surface area (Å²) in [6, 6.07) is 5.99. The van der Waals surface area contributed by atoms with E-state index in [0.717, 1.165) is 56.4 Å². The van der Waals surface area contributed by atoms with Crippen LogP contribution in [0.5, 0.6) is 11.5 Å². The Hall–Kier alpha value is -3.17. The molecule has 9 nitrogen and oxygen atoms in total. The van der Waals surface area contributed by atoms with Crippen LogP contribution in [0.15, 0.2) is 48.0 Å². The van der Waals surface area contributed by atoms with Gasteiger partial charge in [0.05, 0.1) is 28.9 Å². The number of rotatable bonds is 11. The van der Waals surface area contributed by atoms with Gasteiger partial charge in [0, 0.05) is 36.2 Å². The second-order valence-electron chi connectivity index (χ2n) is 11.2. The summed E-state index contributed by atoms with van der Waals surface area (Å²) in [4.78, 5) is 40.1. The number of carbonyl (C=O) groups excluding carboxylic acids is 3. The number of nitrogens with one attached hydrogen (secondary N) is 1. The SMILES string of the molecule is COc1cc(C=O)cc(I)c1O[C@H]1C=C(C(=O)NCCO)C[C@@H](N(CC2CCCCC2)C(=O)c2ccc(C(F)(F)F)cc2)[C@@H]1O. The Labute approximate surface area is 272 Å². The highest BCUT2D eigenvalue weighted by Gasteiger charge is 2.42. The summed E-state index contributed by atoms with van der Waals surface area (Å²) < 4.78 is 52.0. The predicted octanol–water partition coefficient (Wildman–Crippen LogP) is 4.77. The van der Waals surface area contributed by atoms with E-state index in [9.17, 15) is 37.8 Å². The number of aldehydes is 1. The fourth-order valence-corrected chi connectivity index (χ4v) is 6.57. The average molecular weight is 745 g/mol. The zero-order valence-electron chi connectivity index (χ0n) is 24.7. The Morgan fingerprint density at radius 3 is 2.42 bits per heavy atom. The van der Waals surface area contributed by atoms with Crippen LogP contribution in [-0.2, 0) is 11.0 Å². The average Bonchev–Trinajstić information content (AvgIpc) is 3.04. The highest BCUT2D eigenvalue weighted by atomic mass is 127. The molecule has 0 aliphatic heterocycles. The van der Waals surface area contributed by atoms with Crippen LogP contribution in [-0.4, -0.2) is 78.3 Å². The molecule has 0 spiro atoms. The smallest absolute Gasteiger partial charge is 0.416 e. The van der Waals surface area contributed by atoms with Crippen molar-refractivity contribution in [3.05, 3.63) is 68.3 Å². The van der Waals surface area contributed by atoms with Gasteiger partial charge in [0.2, 0.25) is 5.91 Å². The van der Waals surface area contributed by atoms with Gasteiger partial charge in [-0.2, -0.15) is 13.2 Å². The van der Waals surface area contributed by atoms with Gasteiger partial charge in [-0.3, -0.25) is 14.4 Å². The van der Waals surface area contributed by atoms with Crippen LogP contribution in [0.2, 0.25) is 0 Å². The number of ether oxygens (including phenoxy) is 2. The summed E-state index contributed by atoms with van der Waals surface area (Å²) in [6.07, 6.45) is -0.344. The van der Waals surface area contributed by atoms with Gasteiger partial charge in [-0.05, 0) is 83.8 Å². The number of hydrogen-bond acceptors (Lipinski definition) is 7. The molecule has 2 amide bonds. The first-order valence-electron chi connectivity index (χ1n) is 14.7. The van der Waals surface area contributed by atoms with Gasteiger partial charge in [0.25, 0.3) is 5.91 Å². The van der Waals surface area contributed by atoms with E-state index >= 15 is 0 Å². The number of nitrogens with zero attached hydrogens (tertiary/aromatic N) is 1. The molecule has 0 heterocycles. The van der Waals surface area contributed by atoms with Crippen molar-refractivity contribution < 1.29 is 47.2 Å². The van der Waals surface area contributed by atoms with E-state index in [1.54, 1.807) is 6.07 Å². The number of carbonyl (C=O) groups is 3. The van der Waals surface area contributed by atoms with Crippen molar-refractivity contribution in [3.63, 3.8) is 0 Å². The lowest BCUT2D eigenvalue weighted by Gasteiger charge is -2.42. The van der Waals surface area contributed by atoms with Crippen molar-refractivity contribution >= 4 is 40.7 Å². The summed E-state index contributed by atoms with van der Waals surface area (Å²) in [6.45, 7) is -0.0948.